The summed E-state index contributed by atoms with van der Waals surface area (Å²) >= 11 is 1.27. The maximum Gasteiger partial charge on any atom is 0.266 e. The van der Waals surface area contributed by atoms with Crippen molar-refractivity contribution >= 4 is 22.4 Å². The molecule has 0 aliphatic rings. The molecule has 0 radical (unpaired) electrons. The van der Waals surface area contributed by atoms with Crippen LogP contribution in [0.1, 0.15) is 37.8 Å². The van der Waals surface area contributed by atoms with Crippen molar-refractivity contribution in [2.45, 2.75) is 39.7 Å². The van der Waals surface area contributed by atoms with Crippen LogP contribution in [-0.2, 0) is 4.79 Å². The average Bonchev–Trinajstić information content (AvgIpc) is 2.91. The number of anilines is 1. The van der Waals surface area contributed by atoms with Gasteiger partial charge in [-0.15, -0.1) is 10.2 Å². The third-order valence-electron chi connectivity index (χ3n) is 3.14. The van der Waals surface area contributed by atoms with Gasteiger partial charge in [-0.3, -0.25) is 10.1 Å². The molecule has 2 rings (SSSR count). The summed E-state index contributed by atoms with van der Waals surface area (Å²) in [6, 6.07) is 5.91. The van der Waals surface area contributed by atoms with Crippen molar-refractivity contribution in [3.63, 3.8) is 0 Å². The molecule has 0 saturated carbocycles. The van der Waals surface area contributed by atoms with Crippen LogP contribution >= 0.6 is 11.3 Å². The standard InChI is InChI=1S/C15H19N3O2S/c1-9(2)13-6-5-12(7-10(13)3)20-11(4)14(19)17-15-18-16-8-21-15/h5-9,11H,1-4H3,(H,17,18,19)/t11-/m1/s1. The third kappa shape index (κ3) is 4.01. The molecule has 0 unspecified atom stereocenters. The molecule has 1 atom stereocenters. The van der Waals surface area contributed by atoms with Gasteiger partial charge in [-0.2, -0.15) is 0 Å². The number of nitrogens with zero attached hydrogens (tertiary/aromatic N) is 2. The first-order chi connectivity index (χ1) is 9.97. The van der Waals surface area contributed by atoms with E-state index < -0.39 is 6.10 Å². The maximum atomic E-state index is 12.0. The normalized spacial score (nSPS) is 12.2. The summed E-state index contributed by atoms with van der Waals surface area (Å²) in [5.74, 6) is 0.923. The predicted molar refractivity (Wildman–Crippen MR) is 83.9 cm³/mol. The van der Waals surface area contributed by atoms with Crippen molar-refractivity contribution in [3.8, 4) is 5.75 Å². The number of ether oxygens (including phenoxy) is 1. The Kier molecular flexibility index (Phi) is 4.90. The largest absolute Gasteiger partial charge is 0.481 e. The molecule has 2 aromatic rings. The highest BCUT2D eigenvalue weighted by atomic mass is 32.1. The lowest BCUT2D eigenvalue weighted by Gasteiger charge is -2.16. The molecule has 0 fully saturated rings. The van der Waals surface area contributed by atoms with Crippen LogP contribution in [0.3, 0.4) is 0 Å². The Morgan fingerprint density at radius 1 is 1.33 bits per heavy atom. The van der Waals surface area contributed by atoms with E-state index in [9.17, 15) is 4.79 Å². The third-order valence-corrected chi connectivity index (χ3v) is 3.74. The lowest BCUT2D eigenvalue weighted by molar-refractivity contribution is -0.122. The Hall–Kier alpha value is -1.95. The summed E-state index contributed by atoms with van der Waals surface area (Å²) in [6.45, 7) is 8.07. The molecule has 112 valence electrons. The molecule has 21 heavy (non-hydrogen) atoms. The van der Waals surface area contributed by atoms with Gasteiger partial charge in [0.05, 0.1) is 0 Å². The fourth-order valence-electron chi connectivity index (χ4n) is 2.06. The molecule has 0 spiro atoms. The van der Waals surface area contributed by atoms with Crippen LogP contribution in [0.25, 0.3) is 0 Å². The number of nitrogens with one attached hydrogen (secondary N) is 1. The van der Waals surface area contributed by atoms with Crippen molar-refractivity contribution in [2.24, 2.45) is 0 Å². The van der Waals surface area contributed by atoms with Gasteiger partial charge in [0.2, 0.25) is 5.13 Å². The van der Waals surface area contributed by atoms with E-state index in [0.29, 0.717) is 16.8 Å². The molecule has 0 aliphatic heterocycles. The second kappa shape index (κ2) is 6.67. The van der Waals surface area contributed by atoms with Gasteiger partial charge in [0.25, 0.3) is 5.91 Å². The number of hydrogen-bond donors (Lipinski definition) is 1. The highest BCUT2D eigenvalue weighted by Crippen LogP contribution is 2.24. The van der Waals surface area contributed by atoms with Gasteiger partial charge in [-0.1, -0.05) is 31.3 Å². The van der Waals surface area contributed by atoms with Crippen LogP contribution in [0, 0.1) is 6.92 Å². The highest BCUT2D eigenvalue weighted by Gasteiger charge is 2.16. The van der Waals surface area contributed by atoms with Gasteiger partial charge in [0, 0.05) is 0 Å². The maximum absolute atomic E-state index is 12.0. The zero-order chi connectivity index (χ0) is 15.4. The van der Waals surface area contributed by atoms with Crippen LogP contribution in [0.4, 0.5) is 5.13 Å². The fraction of sp³-hybridized carbons (Fsp3) is 0.400. The van der Waals surface area contributed by atoms with E-state index in [2.05, 4.69) is 29.4 Å². The van der Waals surface area contributed by atoms with E-state index in [0.717, 1.165) is 0 Å². The van der Waals surface area contributed by atoms with Crippen LogP contribution in [0.15, 0.2) is 23.7 Å². The number of aryl methyl sites for hydroxylation is 1. The number of aromatic nitrogens is 2. The zero-order valence-corrected chi connectivity index (χ0v) is 13.4. The Labute approximate surface area is 128 Å². The molecule has 1 amide bonds. The Balaban J connectivity index is 2.00. The summed E-state index contributed by atoms with van der Waals surface area (Å²) < 4.78 is 5.68. The predicted octanol–water partition coefficient (Wildman–Crippen LogP) is 3.38. The van der Waals surface area contributed by atoms with Crippen molar-refractivity contribution in [2.75, 3.05) is 5.32 Å². The first kappa shape index (κ1) is 15.4. The molecule has 0 aliphatic carbocycles. The number of hydrogen-bond acceptors (Lipinski definition) is 5. The summed E-state index contributed by atoms with van der Waals surface area (Å²) in [5, 5.41) is 10.6. The molecule has 0 saturated heterocycles. The Bertz CT molecular complexity index is 611. The zero-order valence-electron chi connectivity index (χ0n) is 12.6. The van der Waals surface area contributed by atoms with Crippen molar-refractivity contribution in [3.05, 3.63) is 34.8 Å². The van der Waals surface area contributed by atoms with Gasteiger partial charge < -0.3 is 4.74 Å². The smallest absolute Gasteiger partial charge is 0.266 e. The molecule has 1 heterocycles. The van der Waals surface area contributed by atoms with E-state index >= 15 is 0 Å². The minimum absolute atomic E-state index is 0.239. The summed E-state index contributed by atoms with van der Waals surface area (Å²) in [5.41, 5.74) is 4.02. The number of carbonyl (C=O) groups is 1. The molecule has 0 bridgehead atoms. The Morgan fingerprint density at radius 3 is 2.67 bits per heavy atom. The highest BCUT2D eigenvalue weighted by molar-refractivity contribution is 7.13. The second-order valence-electron chi connectivity index (χ2n) is 5.17. The van der Waals surface area contributed by atoms with E-state index in [4.69, 9.17) is 4.74 Å². The minimum Gasteiger partial charge on any atom is -0.481 e. The van der Waals surface area contributed by atoms with E-state index in [1.165, 1.54) is 22.5 Å². The summed E-state index contributed by atoms with van der Waals surface area (Å²) in [4.78, 5) is 12.0. The summed E-state index contributed by atoms with van der Waals surface area (Å²) in [7, 11) is 0. The SMILES string of the molecule is Cc1cc(O[C@H](C)C(=O)Nc2nncs2)ccc1C(C)C. The van der Waals surface area contributed by atoms with Gasteiger partial charge >= 0.3 is 0 Å². The van der Waals surface area contributed by atoms with Crippen molar-refractivity contribution in [1.82, 2.24) is 10.2 Å². The van der Waals surface area contributed by atoms with Crippen LogP contribution in [0.5, 0.6) is 5.75 Å². The van der Waals surface area contributed by atoms with E-state index in [1.54, 1.807) is 12.4 Å². The summed E-state index contributed by atoms with van der Waals surface area (Å²) in [6.07, 6.45) is -0.599. The monoisotopic (exact) mass is 305 g/mol. The lowest BCUT2D eigenvalue weighted by Crippen LogP contribution is -2.30. The minimum atomic E-state index is -0.599. The van der Waals surface area contributed by atoms with E-state index in [-0.39, 0.29) is 5.91 Å². The second-order valence-corrected chi connectivity index (χ2v) is 6.00. The number of amides is 1. The molecular weight excluding hydrogens is 286 g/mol. The van der Waals surface area contributed by atoms with Crippen molar-refractivity contribution in [1.29, 1.82) is 0 Å². The van der Waals surface area contributed by atoms with Gasteiger partial charge in [0.15, 0.2) is 6.10 Å². The first-order valence-corrected chi connectivity index (χ1v) is 7.69. The van der Waals surface area contributed by atoms with Gasteiger partial charge in [-0.05, 0) is 43.0 Å². The quantitative estimate of drug-likeness (QED) is 0.920. The molecule has 1 N–H and O–H groups in total. The fourth-order valence-corrected chi connectivity index (χ4v) is 2.51. The topological polar surface area (TPSA) is 64.1 Å². The number of rotatable bonds is 5. The van der Waals surface area contributed by atoms with Crippen LogP contribution in [0.2, 0.25) is 0 Å². The number of carbonyl (C=O) groups excluding carboxylic acids is 1. The number of benzene rings is 1. The lowest BCUT2D eigenvalue weighted by atomic mass is 9.98. The van der Waals surface area contributed by atoms with Crippen molar-refractivity contribution < 1.29 is 9.53 Å². The van der Waals surface area contributed by atoms with Gasteiger partial charge in [-0.25, -0.2) is 0 Å². The molecular formula is C15H19N3O2S. The Morgan fingerprint density at radius 2 is 2.10 bits per heavy atom. The van der Waals surface area contributed by atoms with Crippen LogP contribution in [-0.4, -0.2) is 22.2 Å². The molecule has 6 heteroatoms. The molecule has 5 nitrogen and oxygen atoms in total. The van der Waals surface area contributed by atoms with Gasteiger partial charge in [0.1, 0.15) is 11.3 Å². The molecule has 1 aromatic carbocycles. The average molecular weight is 305 g/mol. The van der Waals surface area contributed by atoms with Crippen LogP contribution < -0.4 is 10.1 Å². The van der Waals surface area contributed by atoms with E-state index in [1.807, 2.05) is 25.1 Å². The molecule has 1 aromatic heterocycles. The first-order valence-electron chi connectivity index (χ1n) is 6.81.